The van der Waals surface area contributed by atoms with Gasteiger partial charge in [0, 0.05) is 0 Å². The minimum atomic E-state index is -0.118. The second-order valence-corrected chi connectivity index (χ2v) is 6.76. The van der Waals surface area contributed by atoms with Gasteiger partial charge in [-0.2, -0.15) is 4.98 Å². The molecule has 0 saturated carbocycles. The van der Waals surface area contributed by atoms with E-state index < -0.39 is 0 Å². The molecule has 0 fully saturated rings. The lowest BCUT2D eigenvalue weighted by molar-refractivity contribution is -0.00114. The van der Waals surface area contributed by atoms with Crippen LogP contribution < -0.4 is 9.47 Å². The van der Waals surface area contributed by atoms with Crippen molar-refractivity contribution >= 4 is 0 Å². The van der Waals surface area contributed by atoms with Gasteiger partial charge < -0.3 is 18.7 Å². The Bertz CT molecular complexity index is 1170. The van der Waals surface area contributed by atoms with Crippen molar-refractivity contribution in [2.45, 2.75) is 19.3 Å². The summed E-state index contributed by atoms with van der Waals surface area (Å²) in [5.41, 5.74) is 3.13. The van der Waals surface area contributed by atoms with Gasteiger partial charge >= 0.3 is 0 Å². The third-order valence-electron chi connectivity index (χ3n) is 5.06. The molecule has 4 aromatic rings. The van der Waals surface area contributed by atoms with E-state index >= 15 is 0 Å². The smallest absolute Gasteiger partial charge is 0.262 e. The van der Waals surface area contributed by atoms with Gasteiger partial charge in [0.25, 0.3) is 5.89 Å². The van der Waals surface area contributed by atoms with Crippen LogP contribution in [-0.2, 0) is 17.9 Å². The minimum absolute atomic E-state index is 0.118. The Labute approximate surface area is 172 Å². The summed E-state index contributed by atoms with van der Waals surface area (Å²) < 4.78 is 23.9. The van der Waals surface area contributed by atoms with E-state index in [1.807, 2.05) is 53.2 Å². The van der Waals surface area contributed by atoms with Crippen molar-refractivity contribution in [2.75, 3.05) is 14.2 Å². The Morgan fingerprint density at radius 3 is 2.67 bits per heavy atom. The summed E-state index contributed by atoms with van der Waals surface area (Å²) in [6, 6.07) is 15.3. The number of fused-ring (bicyclic) bond motifs is 1. The third-order valence-corrected chi connectivity index (χ3v) is 5.06. The zero-order chi connectivity index (χ0) is 20.5. The molecule has 30 heavy (non-hydrogen) atoms. The van der Waals surface area contributed by atoms with Gasteiger partial charge in [0.05, 0.1) is 38.6 Å². The van der Waals surface area contributed by atoms with Crippen LogP contribution in [0.2, 0.25) is 0 Å². The Morgan fingerprint density at radius 2 is 1.87 bits per heavy atom. The van der Waals surface area contributed by atoms with Crippen LogP contribution in [-0.4, -0.2) is 39.4 Å². The molecule has 0 amide bonds. The van der Waals surface area contributed by atoms with Gasteiger partial charge in [-0.3, -0.25) is 0 Å². The number of hydrogen-bond donors (Lipinski definition) is 0. The predicted molar refractivity (Wildman–Crippen MR) is 106 cm³/mol. The SMILES string of the molecule is COc1ccc(C2Cn3nnc(-c4noc(-c5ccccc5OC)n4)c3CO2)cc1. The van der Waals surface area contributed by atoms with Gasteiger partial charge in [-0.1, -0.05) is 34.6 Å². The molecule has 0 N–H and O–H groups in total. The highest BCUT2D eigenvalue weighted by molar-refractivity contribution is 5.64. The first-order valence-electron chi connectivity index (χ1n) is 9.42. The molecule has 0 spiro atoms. The fraction of sp³-hybridized carbons (Fsp3) is 0.238. The molecule has 9 heteroatoms. The molecule has 0 radical (unpaired) electrons. The summed E-state index contributed by atoms with van der Waals surface area (Å²) in [6.07, 6.45) is -0.118. The number of benzene rings is 2. The summed E-state index contributed by atoms with van der Waals surface area (Å²) in [4.78, 5) is 4.49. The van der Waals surface area contributed by atoms with E-state index in [9.17, 15) is 0 Å². The molecule has 2 aromatic carbocycles. The molecular formula is C21H19N5O4. The van der Waals surface area contributed by atoms with Crippen LogP contribution in [0.3, 0.4) is 0 Å². The summed E-state index contributed by atoms with van der Waals surface area (Å²) >= 11 is 0. The first kappa shape index (κ1) is 18.3. The van der Waals surface area contributed by atoms with Gasteiger partial charge in [0.1, 0.15) is 17.6 Å². The fourth-order valence-corrected chi connectivity index (χ4v) is 3.46. The van der Waals surface area contributed by atoms with Crippen LogP contribution in [0, 0.1) is 0 Å². The Morgan fingerprint density at radius 1 is 1.03 bits per heavy atom. The first-order valence-corrected chi connectivity index (χ1v) is 9.42. The van der Waals surface area contributed by atoms with E-state index in [1.54, 1.807) is 14.2 Å². The number of aromatic nitrogens is 5. The van der Waals surface area contributed by atoms with Crippen molar-refractivity contribution < 1.29 is 18.7 Å². The second kappa shape index (κ2) is 7.60. The third kappa shape index (κ3) is 3.18. The maximum Gasteiger partial charge on any atom is 0.262 e. The number of nitrogens with zero attached hydrogens (tertiary/aromatic N) is 5. The zero-order valence-corrected chi connectivity index (χ0v) is 16.5. The first-order chi connectivity index (χ1) is 14.8. The van der Waals surface area contributed by atoms with Crippen molar-refractivity contribution in [1.82, 2.24) is 25.1 Å². The van der Waals surface area contributed by atoms with Crippen LogP contribution in [0.1, 0.15) is 17.4 Å². The standard InChI is InChI=1S/C21H19N5O4/c1-27-14-9-7-13(8-10-14)18-11-26-16(12-29-18)19(23-25-26)20-22-21(30-24-20)15-5-3-4-6-17(15)28-2/h3-10,18H,11-12H2,1-2H3. The van der Waals surface area contributed by atoms with Crippen molar-refractivity contribution in [2.24, 2.45) is 0 Å². The normalized spacial score (nSPS) is 15.6. The Kier molecular flexibility index (Phi) is 4.64. The molecule has 9 nitrogen and oxygen atoms in total. The van der Waals surface area contributed by atoms with Crippen molar-refractivity contribution in [1.29, 1.82) is 0 Å². The Balaban J connectivity index is 1.40. The van der Waals surface area contributed by atoms with Gasteiger partial charge in [0.2, 0.25) is 5.82 Å². The summed E-state index contributed by atoms with van der Waals surface area (Å²) in [7, 11) is 3.24. The monoisotopic (exact) mass is 405 g/mol. The van der Waals surface area contributed by atoms with Crippen LogP contribution in [0.5, 0.6) is 11.5 Å². The molecule has 152 valence electrons. The lowest BCUT2D eigenvalue weighted by atomic mass is 10.1. The van der Waals surface area contributed by atoms with Crippen molar-refractivity contribution in [3.05, 3.63) is 59.8 Å². The molecule has 1 aliphatic rings. The molecule has 1 unspecified atom stereocenters. The average Bonchev–Trinajstić information content (AvgIpc) is 3.45. The molecule has 0 aliphatic carbocycles. The van der Waals surface area contributed by atoms with E-state index in [4.69, 9.17) is 18.7 Å². The van der Waals surface area contributed by atoms with Crippen LogP contribution >= 0.6 is 0 Å². The number of hydrogen-bond acceptors (Lipinski definition) is 8. The molecule has 0 bridgehead atoms. The number of para-hydroxylation sites is 1. The minimum Gasteiger partial charge on any atom is -0.497 e. The molecule has 5 rings (SSSR count). The lowest BCUT2D eigenvalue weighted by Gasteiger charge is -2.24. The molecular weight excluding hydrogens is 386 g/mol. The van der Waals surface area contributed by atoms with Gasteiger partial charge in [0.15, 0.2) is 5.69 Å². The quantitative estimate of drug-likeness (QED) is 0.499. The summed E-state index contributed by atoms with van der Waals surface area (Å²) in [6.45, 7) is 0.892. The molecule has 2 aromatic heterocycles. The van der Waals surface area contributed by atoms with Gasteiger partial charge in [-0.05, 0) is 29.8 Å². The summed E-state index contributed by atoms with van der Waals surface area (Å²) in [5.74, 6) is 2.19. The highest BCUT2D eigenvalue weighted by Gasteiger charge is 2.28. The molecule has 3 heterocycles. The van der Waals surface area contributed by atoms with Crippen molar-refractivity contribution in [3.8, 4) is 34.5 Å². The molecule has 0 saturated heterocycles. The van der Waals surface area contributed by atoms with E-state index in [1.165, 1.54) is 0 Å². The van der Waals surface area contributed by atoms with Crippen molar-refractivity contribution in [3.63, 3.8) is 0 Å². The topological polar surface area (TPSA) is 97.3 Å². The van der Waals surface area contributed by atoms with E-state index in [0.717, 1.165) is 22.6 Å². The van der Waals surface area contributed by atoms with Gasteiger partial charge in [-0.15, -0.1) is 5.10 Å². The number of ether oxygens (including phenoxy) is 3. The van der Waals surface area contributed by atoms with Gasteiger partial charge in [-0.25, -0.2) is 4.68 Å². The predicted octanol–water partition coefficient (Wildman–Crippen LogP) is 3.28. The largest absolute Gasteiger partial charge is 0.497 e. The Hall–Kier alpha value is -3.72. The summed E-state index contributed by atoms with van der Waals surface area (Å²) in [5, 5.41) is 12.6. The lowest BCUT2D eigenvalue weighted by Crippen LogP contribution is -2.22. The van der Waals surface area contributed by atoms with Crippen LogP contribution in [0.25, 0.3) is 23.0 Å². The second-order valence-electron chi connectivity index (χ2n) is 6.76. The molecule has 1 aliphatic heterocycles. The van der Waals surface area contributed by atoms with E-state index in [0.29, 0.717) is 36.3 Å². The fourth-order valence-electron chi connectivity index (χ4n) is 3.46. The maximum absolute atomic E-state index is 6.06. The van der Waals surface area contributed by atoms with E-state index in [2.05, 4.69) is 20.5 Å². The molecule has 1 atom stereocenters. The zero-order valence-electron chi connectivity index (χ0n) is 16.5. The van der Waals surface area contributed by atoms with Crippen LogP contribution in [0.4, 0.5) is 0 Å². The van der Waals surface area contributed by atoms with Crippen LogP contribution in [0.15, 0.2) is 53.1 Å². The highest BCUT2D eigenvalue weighted by atomic mass is 16.5. The highest BCUT2D eigenvalue weighted by Crippen LogP contribution is 2.33. The van der Waals surface area contributed by atoms with E-state index in [-0.39, 0.29) is 6.10 Å². The maximum atomic E-state index is 6.06. The number of methoxy groups -OCH3 is 2. The number of rotatable bonds is 5. The average molecular weight is 405 g/mol.